The molecule has 164 valence electrons. The third-order valence-corrected chi connectivity index (χ3v) is 4.78. The smallest absolute Gasteiger partial charge is 0.306 e. The molecule has 6 nitrogen and oxygen atoms in total. The summed E-state index contributed by atoms with van der Waals surface area (Å²) >= 11 is 0. The van der Waals surface area contributed by atoms with E-state index in [1.165, 1.54) is 0 Å². The highest BCUT2D eigenvalue weighted by atomic mass is 32.2. The highest BCUT2D eigenvalue weighted by Gasteiger charge is 2.18. The van der Waals surface area contributed by atoms with Gasteiger partial charge in [-0.3, -0.25) is 4.79 Å². The van der Waals surface area contributed by atoms with Crippen LogP contribution in [0.5, 0.6) is 11.5 Å². The van der Waals surface area contributed by atoms with Gasteiger partial charge < -0.3 is 13.8 Å². The first-order valence-corrected chi connectivity index (χ1v) is 12.0. The highest BCUT2D eigenvalue weighted by molar-refractivity contribution is 7.86. The van der Waals surface area contributed by atoms with E-state index in [4.69, 9.17) is 8.92 Å². The van der Waals surface area contributed by atoms with Gasteiger partial charge in [0.15, 0.2) is 0 Å². The Labute approximate surface area is 179 Å². The standard InChI is InChI=1S/C23H31NO5S/c1-5-6-15-28-21-13-9-20(10-14-21)23(25)24(16-18(2)3)17-19-7-11-22(12-8-19)29-30(4,26)27/h7-14,18H,5-6,15-17H2,1-4H3. The average molecular weight is 434 g/mol. The van der Waals surface area contributed by atoms with Crippen molar-refractivity contribution in [3.63, 3.8) is 0 Å². The monoisotopic (exact) mass is 433 g/mol. The maximum atomic E-state index is 13.1. The molecule has 0 aromatic heterocycles. The molecule has 0 N–H and O–H groups in total. The quantitative estimate of drug-likeness (QED) is 0.385. The van der Waals surface area contributed by atoms with E-state index in [2.05, 4.69) is 20.8 Å². The molecular weight excluding hydrogens is 402 g/mol. The Morgan fingerprint density at radius 2 is 1.60 bits per heavy atom. The fourth-order valence-electron chi connectivity index (χ4n) is 2.92. The Morgan fingerprint density at radius 1 is 1.00 bits per heavy atom. The lowest BCUT2D eigenvalue weighted by molar-refractivity contribution is 0.0722. The maximum Gasteiger partial charge on any atom is 0.306 e. The zero-order chi connectivity index (χ0) is 22.1. The van der Waals surface area contributed by atoms with Crippen LogP contribution >= 0.6 is 0 Å². The maximum absolute atomic E-state index is 13.1. The number of rotatable bonds is 11. The van der Waals surface area contributed by atoms with Crippen LogP contribution in [0.2, 0.25) is 0 Å². The minimum atomic E-state index is -3.56. The van der Waals surface area contributed by atoms with Crippen LogP contribution in [-0.2, 0) is 16.7 Å². The molecule has 0 aliphatic carbocycles. The van der Waals surface area contributed by atoms with Gasteiger partial charge in [0.25, 0.3) is 5.91 Å². The van der Waals surface area contributed by atoms with Crippen molar-refractivity contribution in [1.29, 1.82) is 0 Å². The number of benzene rings is 2. The number of hydrogen-bond acceptors (Lipinski definition) is 5. The number of carbonyl (C=O) groups excluding carboxylic acids is 1. The average Bonchev–Trinajstić information content (AvgIpc) is 2.68. The van der Waals surface area contributed by atoms with Crippen molar-refractivity contribution in [2.75, 3.05) is 19.4 Å². The summed E-state index contributed by atoms with van der Waals surface area (Å²) in [6, 6.07) is 14.0. The molecule has 0 radical (unpaired) electrons. The minimum absolute atomic E-state index is 0.0553. The van der Waals surface area contributed by atoms with Crippen molar-refractivity contribution in [2.24, 2.45) is 5.92 Å². The van der Waals surface area contributed by atoms with E-state index in [0.29, 0.717) is 31.2 Å². The minimum Gasteiger partial charge on any atom is -0.494 e. The molecule has 0 bridgehead atoms. The van der Waals surface area contributed by atoms with Gasteiger partial charge >= 0.3 is 10.1 Å². The van der Waals surface area contributed by atoms with Crippen LogP contribution in [0.25, 0.3) is 0 Å². The fraction of sp³-hybridized carbons (Fsp3) is 0.435. The fourth-order valence-corrected chi connectivity index (χ4v) is 3.38. The predicted octanol–water partition coefficient (Wildman–Crippen LogP) is 4.50. The third kappa shape index (κ3) is 8.06. The highest BCUT2D eigenvalue weighted by Crippen LogP contribution is 2.19. The number of nitrogens with zero attached hydrogens (tertiary/aromatic N) is 1. The second-order valence-corrected chi connectivity index (χ2v) is 9.31. The Kier molecular flexibility index (Phi) is 8.72. The molecule has 0 saturated heterocycles. The summed E-state index contributed by atoms with van der Waals surface area (Å²) in [6.45, 7) is 7.94. The van der Waals surface area contributed by atoms with Gasteiger partial charge in [0.2, 0.25) is 0 Å². The summed E-state index contributed by atoms with van der Waals surface area (Å²) in [5.74, 6) is 1.26. The lowest BCUT2D eigenvalue weighted by Gasteiger charge is -2.25. The van der Waals surface area contributed by atoms with E-state index in [-0.39, 0.29) is 11.7 Å². The zero-order valence-corrected chi connectivity index (χ0v) is 18.9. The first-order chi connectivity index (χ1) is 14.2. The van der Waals surface area contributed by atoms with Crippen LogP contribution in [-0.4, -0.2) is 38.6 Å². The molecule has 0 spiro atoms. The Morgan fingerprint density at radius 3 is 2.13 bits per heavy atom. The van der Waals surface area contributed by atoms with E-state index < -0.39 is 10.1 Å². The molecule has 1 amide bonds. The van der Waals surface area contributed by atoms with Crippen molar-refractivity contribution < 1.29 is 22.1 Å². The lowest BCUT2D eigenvalue weighted by Crippen LogP contribution is -2.33. The summed E-state index contributed by atoms with van der Waals surface area (Å²) in [5.41, 5.74) is 1.50. The molecule has 0 atom stereocenters. The normalized spacial score (nSPS) is 11.4. The van der Waals surface area contributed by atoms with E-state index in [9.17, 15) is 13.2 Å². The Hall–Kier alpha value is -2.54. The van der Waals surface area contributed by atoms with Crippen molar-refractivity contribution in [3.05, 3.63) is 59.7 Å². The molecule has 0 aliphatic rings. The molecule has 2 aromatic carbocycles. The third-order valence-electron chi connectivity index (χ3n) is 4.29. The van der Waals surface area contributed by atoms with E-state index in [1.807, 2.05) is 12.1 Å². The number of hydrogen-bond donors (Lipinski definition) is 0. The predicted molar refractivity (Wildman–Crippen MR) is 118 cm³/mol. The van der Waals surface area contributed by atoms with Gasteiger partial charge in [0.1, 0.15) is 11.5 Å². The second kappa shape index (κ2) is 11.0. The first-order valence-electron chi connectivity index (χ1n) is 10.2. The number of carbonyl (C=O) groups is 1. The summed E-state index contributed by atoms with van der Waals surface area (Å²) in [4.78, 5) is 14.9. The lowest BCUT2D eigenvalue weighted by atomic mass is 10.1. The largest absolute Gasteiger partial charge is 0.494 e. The molecule has 0 fully saturated rings. The molecular formula is C23H31NO5S. The van der Waals surface area contributed by atoms with Crippen LogP contribution in [0.1, 0.15) is 49.5 Å². The van der Waals surface area contributed by atoms with E-state index in [0.717, 1.165) is 30.4 Å². The molecule has 7 heteroatoms. The summed E-state index contributed by atoms with van der Waals surface area (Å²) in [6.07, 6.45) is 3.07. The van der Waals surface area contributed by atoms with Gasteiger partial charge in [0.05, 0.1) is 12.9 Å². The van der Waals surface area contributed by atoms with Crippen LogP contribution < -0.4 is 8.92 Å². The van der Waals surface area contributed by atoms with E-state index >= 15 is 0 Å². The molecule has 0 saturated carbocycles. The van der Waals surface area contributed by atoms with Gasteiger partial charge in [-0.25, -0.2) is 0 Å². The molecule has 0 heterocycles. The first kappa shape index (κ1) is 23.7. The summed E-state index contributed by atoms with van der Waals surface area (Å²) in [5, 5.41) is 0. The van der Waals surface area contributed by atoms with Crippen molar-refractivity contribution >= 4 is 16.0 Å². The van der Waals surface area contributed by atoms with Crippen molar-refractivity contribution in [1.82, 2.24) is 4.90 Å². The number of ether oxygens (including phenoxy) is 1. The van der Waals surface area contributed by atoms with Gasteiger partial charge in [-0.2, -0.15) is 8.42 Å². The van der Waals surface area contributed by atoms with Gasteiger partial charge in [-0.05, 0) is 54.3 Å². The van der Waals surface area contributed by atoms with Crippen LogP contribution in [0.4, 0.5) is 0 Å². The topological polar surface area (TPSA) is 72.9 Å². The van der Waals surface area contributed by atoms with Crippen LogP contribution in [0.3, 0.4) is 0 Å². The van der Waals surface area contributed by atoms with E-state index in [1.54, 1.807) is 41.3 Å². The van der Waals surface area contributed by atoms with Gasteiger partial charge in [0, 0.05) is 18.7 Å². The summed E-state index contributed by atoms with van der Waals surface area (Å²) < 4.78 is 33.0. The Balaban J connectivity index is 2.10. The summed E-state index contributed by atoms with van der Waals surface area (Å²) in [7, 11) is -3.56. The van der Waals surface area contributed by atoms with Crippen LogP contribution in [0, 0.1) is 5.92 Å². The molecule has 0 aliphatic heterocycles. The SMILES string of the molecule is CCCCOc1ccc(C(=O)N(Cc2ccc(OS(C)(=O)=O)cc2)CC(C)C)cc1. The zero-order valence-electron chi connectivity index (χ0n) is 18.1. The van der Waals surface area contributed by atoms with Crippen molar-refractivity contribution in [3.8, 4) is 11.5 Å². The van der Waals surface area contributed by atoms with Crippen LogP contribution in [0.15, 0.2) is 48.5 Å². The van der Waals surface area contributed by atoms with Gasteiger partial charge in [-0.15, -0.1) is 0 Å². The molecule has 0 unspecified atom stereocenters. The molecule has 2 rings (SSSR count). The van der Waals surface area contributed by atoms with Crippen molar-refractivity contribution in [2.45, 2.75) is 40.2 Å². The molecule has 2 aromatic rings. The number of amides is 1. The Bertz CT molecular complexity index is 906. The van der Waals surface area contributed by atoms with Gasteiger partial charge in [-0.1, -0.05) is 39.3 Å². The second-order valence-electron chi connectivity index (χ2n) is 7.74. The molecule has 30 heavy (non-hydrogen) atoms. The number of unbranched alkanes of at least 4 members (excludes halogenated alkanes) is 1.